The third-order valence-corrected chi connectivity index (χ3v) is 2.27. The molecule has 0 aliphatic heterocycles. The van der Waals surface area contributed by atoms with Gasteiger partial charge in [-0.3, -0.25) is 4.79 Å². The third-order valence-electron chi connectivity index (χ3n) is 2.27. The van der Waals surface area contributed by atoms with Crippen molar-refractivity contribution < 1.29 is 18.0 Å². The van der Waals surface area contributed by atoms with Gasteiger partial charge in [0, 0.05) is 24.3 Å². The Morgan fingerprint density at radius 2 is 2.05 bits per heavy atom. The van der Waals surface area contributed by atoms with Crippen LogP contribution in [0.3, 0.4) is 0 Å². The maximum absolute atomic E-state index is 12.0. The number of alkyl halides is 3. The van der Waals surface area contributed by atoms with Gasteiger partial charge in [0.1, 0.15) is 5.82 Å². The number of halogens is 3. The van der Waals surface area contributed by atoms with Crippen LogP contribution in [-0.2, 0) is 0 Å². The van der Waals surface area contributed by atoms with Crippen LogP contribution in [-0.4, -0.2) is 30.2 Å². The molecule has 19 heavy (non-hydrogen) atoms. The number of rotatable bonds is 5. The summed E-state index contributed by atoms with van der Waals surface area (Å²) in [5.74, 6) is -0.00243. The fourth-order valence-corrected chi connectivity index (χ4v) is 1.49. The molecule has 0 aliphatic rings. The number of pyridine rings is 1. The lowest BCUT2D eigenvalue weighted by Crippen LogP contribution is -2.28. The van der Waals surface area contributed by atoms with Crippen LogP contribution in [0.4, 0.5) is 19.0 Å². The molecular weight excluding hydrogens is 259 g/mol. The molecule has 1 heterocycles. The maximum atomic E-state index is 12.0. The molecule has 0 saturated heterocycles. The summed E-state index contributed by atoms with van der Waals surface area (Å²) in [6, 6.07) is 3.04. The molecule has 0 radical (unpaired) electrons. The number of nitrogens with one attached hydrogen (secondary N) is 2. The van der Waals surface area contributed by atoms with E-state index >= 15 is 0 Å². The standard InChI is InChI=1S/C12H16F3N3O/c1-3-16-10-7-9(6-8(2)18-10)11(19)17-5-4-12(13,14)15/h6-7H,3-5H2,1-2H3,(H,16,18)(H,17,19). The molecule has 0 spiro atoms. The molecule has 1 amide bonds. The van der Waals surface area contributed by atoms with Crippen LogP contribution in [0.1, 0.15) is 29.4 Å². The average Bonchev–Trinajstić information content (AvgIpc) is 2.26. The minimum Gasteiger partial charge on any atom is -0.370 e. The number of carbonyl (C=O) groups excluding carboxylic acids is 1. The Morgan fingerprint density at radius 3 is 2.63 bits per heavy atom. The van der Waals surface area contributed by atoms with Crippen LogP contribution in [0.2, 0.25) is 0 Å². The second-order valence-corrected chi connectivity index (χ2v) is 4.03. The number of aromatic nitrogens is 1. The highest BCUT2D eigenvalue weighted by Gasteiger charge is 2.26. The van der Waals surface area contributed by atoms with Crippen molar-refractivity contribution in [2.24, 2.45) is 0 Å². The Balaban J connectivity index is 2.66. The highest BCUT2D eigenvalue weighted by Crippen LogP contribution is 2.18. The largest absolute Gasteiger partial charge is 0.390 e. The Morgan fingerprint density at radius 1 is 1.37 bits per heavy atom. The summed E-state index contributed by atoms with van der Waals surface area (Å²) >= 11 is 0. The Bertz CT molecular complexity index is 446. The second-order valence-electron chi connectivity index (χ2n) is 4.03. The predicted octanol–water partition coefficient (Wildman–Crippen LogP) is 2.50. The first-order valence-electron chi connectivity index (χ1n) is 5.89. The van der Waals surface area contributed by atoms with Gasteiger partial charge in [-0.2, -0.15) is 13.2 Å². The van der Waals surface area contributed by atoms with Crippen LogP contribution in [0, 0.1) is 6.92 Å². The van der Waals surface area contributed by atoms with Gasteiger partial charge in [-0.25, -0.2) is 4.98 Å². The van der Waals surface area contributed by atoms with Crippen molar-refractivity contribution in [1.82, 2.24) is 10.3 Å². The quantitative estimate of drug-likeness (QED) is 0.868. The minimum absolute atomic E-state index is 0.297. The van der Waals surface area contributed by atoms with Gasteiger partial charge in [0.2, 0.25) is 0 Å². The van der Waals surface area contributed by atoms with E-state index in [1.54, 1.807) is 6.92 Å². The van der Waals surface area contributed by atoms with Crippen LogP contribution in [0.5, 0.6) is 0 Å². The third kappa shape index (κ3) is 5.58. The van der Waals surface area contributed by atoms with Gasteiger partial charge in [0.25, 0.3) is 5.91 Å². The summed E-state index contributed by atoms with van der Waals surface area (Å²) in [5.41, 5.74) is 0.921. The Hall–Kier alpha value is -1.79. The lowest BCUT2D eigenvalue weighted by atomic mass is 10.2. The first-order chi connectivity index (χ1) is 8.81. The molecule has 0 saturated carbocycles. The number of aryl methyl sites for hydroxylation is 1. The van der Waals surface area contributed by atoms with E-state index in [0.717, 1.165) is 0 Å². The van der Waals surface area contributed by atoms with Crippen molar-refractivity contribution in [2.75, 3.05) is 18.4 Å². The number of hydrogen-bond donors (Lipinski definition) is 2. The van der Waals surface area contributed by atoms with E-state index in [1.807, 2.05) is 6.92 Å². The van der Waals surface area contributed by atoms with Crippen molar-refractivity contribution in [1.29, 1.82) is 0 Å². The van der Waals surface area contributed by atoms with Crippen molar-refractivity contribution in [3.8, 4) is 0 Å². The van der Waals surface area contributed by atoms with Gasteiger partial charge in [-0.05, 0) is 26.0 Å². The lowest BCUT2D eigenvalue weighted by molar-refractivity contribution is -0.132. The zero-order valence-electron chi connectivity index (χ0n) is 10.8. The molecule has 7 heteroatoms. The van der Waals surface area contributed by atoms with Crippen molar-refractivity contribution in [2.45, 2.75) is 26.4 Å². The van der Waals surface area contributed by atoms with E-state index in [0.29, 0.717) is 23.6 Å². The van der Waals surface area contributed by atoms with E-state index < -0.39 is 25.0 Å². The monoisotopic (exact) mass is 275 g/mol. The molecule has 0 atom stereocenters. The van der Waals surface area contributed by atoms with Crippen LogP contribution >= 0.6 is 0 Å². The topological polar surface area (TPSA) is 54.0 Å². The Labute approximate surface area is 109 Å². The number of nitrogens with zero attached hydrogens (tertiary/aromatic N) is 1. The van der Waals surface area contributed by atoms with E-state index in [1.165, 1.54) is 12.1 Å². The van der Waals surface area contributed by atoms with E-state index in [2.05, 4.69) is 15.6 Å². The normalized spacial score (nSPS) is 11.2. The van der Waals surface area contributed by atoms with Gasteiger partial charge in [-0.15, -0.1) is 0 Å². The first-order valence-corrected chi connectivity index (χ1v) is 5.89. The minimum atomic E-state index is -4.27. The first kappa shape index (κ1) is 15.3. The molecule has 2 N–H and O–H groups in total. The molecule has 0 aliphatic carbocycles. The summed E-state index contributed by atoms with van der Waals surface area (Å²) in [7, 11) is 0. The Kier molecular flexibility index (Phi) is 5.14. The van der Waals surface area contributed by atoms with E-state index in [9.17, 15) is 18.0 Å². The summed E-state index contributed by atoms with van der Waals surface area (Å²) in [6.07, 6.45) is -5.31. The van der Waals surface area contributed by atoms with E-state index in [4.69, 9.17) is 0 Å². The van der Waals surface area contributed by atoms with Gasteiger partial charge in [0.15, 0.2) is 0 Å². The molecule has 0 unspecified atom stereocenters. The van der Waals surface area contributed by atoms with Crippen LogP contribution in [0.15, 0.2) is 12.1 Å². The van der Waals surface area contributed by atoms with Crippen molar-refractivity contribution in [3.63, 3.8) is 0 Å². The van der Waals surface area contributed by atoms with Crippen molar-refractivity contribution in [3.05, 3.63) is 23.4 Å². The fourth-order valence-electron chi connectivity index (χ4n) is 1.49. The van der Waals surface area contributed by atoms with Crippen LogP contribution in [0.25, 0.3) is 0 Å². The van der Waals surface area contributed by atoms with Crippen molar-refractivity contribution >= 4 is 11.7 Å². The molecule has 0 bridgehead atoms. The summed E-state index contributed by atoms with van der Waals surface area (Å²) < 4.78 is 35.9. The number of amides is 1. The summed E-state index contributed by atoms with van der Waals surface area (Å²) in [6.45, 7) is 3.81. The van der Waals surface area contributed by atoms with Gasteiger partial charge in [-0.1, -0.05) is 0 Å². The zero-order chi connectivity index (χ0) is 14.5. The molecule has 1 aromatic heterocycles. The highest BCUT2D eigenvalue weighted by molar-refractivity contribution is 5.94. The molecular formula is C12H16F3N3O. The molecule has 0 fully saturated rings. The molecule has 4 nitrogen and oxygen atoms in total. The van der Waals surface area contributed by atoms with Crippen LogP contribution < -0.4 is 10.6 Å². The second kappa shape index (κ2) is 6.40. The average molecular weight is 275 g/mol. The lowest BCUT2D eigenvalue weighted by Gasteiger charge is -2.10. The van der Waals surface area contributed by atoms with Gasteiger partial charge < -0.3 is 10.6 Å². The summed E-state index contributed by atoms with van der Waals surface area (Å²) in [4.78, 5) is 15.9. The maximum Gasteiger partial charge on any atom is 0.390 e. The smallest absolute Gasteiger partial charge is 0.370 e. The summed E-state index contributed by atoms with van der Waals surface area (Å²) in [5, 5.41) is 5.19. The fraction of sp³-hybridized carbons (Fsp3) is 0.500. The number of carbonyl (C=O) groups is 1. The highest BCUT2D eigenvalue weighted by atomic mass is 19.4. The zero-order valence-corrected chi connectivity index (χ0v) is 10.8. The van der Waals surface area contributed by atoms with Gasteiger partial charge in [0.05, 0.1) is 6.42 Å². The number of hydrogen-bond acceptors (Lipinski definition) is 3. The number of anilines is 1. The molecule has 1 rings (SSSR count). The van der Waals surface area contributed by atoms with Gasteiger partial charge >= 0.3 is 6.18 Å². The van der Waals surface area contributed by atoms with E-state index in [-0.39, 0.29) is 0 Å². The predicted molar refractivity (Wildman–Crippen MR) is 66.1 cm³/mol. The molecule has 106 valence electrons. The SMILES string of the molecule is CCNc1cc(C(=O)NCCC(F)(F)F)cc(C)n1. The molecule has 0 aromatic carbocycles. The molecule has 1 aromatic rings.